The van der Waals surface area contributed by atoms with Crippen LogP contribution < -0.4 is 0 Å². The summed E-state index contributed by atoms with van der Waals surface area (Å²) in [5.74, 6) is 0. The van der Waals surface area contributed by atoms with Crippen LogP contribution in [-0.2, 0) is 10.1 Å². The summed E-state index contributed by atoms with van der Waals surface area (Å²) in [6.07, 6.45) is 1.65. The summed E-state index contributed by atoms with van der Waals surface area (Å²) in [4.78, 5) is -0.138. The van der Waals surface area contributed by atoms with Gasteiger partial charge in [-0.25, -0.2) is 4.68 Å². The van der Waals surface area contributed by atoms with Gasteiger partial charge in [0.15, 0.2) is 0 Å². The highest BCUT2D eigenvalue weighted by atomic mass is 32.2. The molecule has 90 valence electrons. The molecule has 0 aliphatic rings. The topological polar surface area (TPSA) is 72.2 Å². The molecule has 0 aliphatic carbocycles. The number of aromatic nitrogens is 2. The average Bonchev–Trinajstić information content (AvgIpc) is 2.63. The van der Waals surface area contributed by atoms with E-state index in [2.05, 4.69) is 5.10 Å². The Morgan fingerprint density at radius 1 is 1.24 bits per heavy atom. The Labute approximate surface area is 99.5 Å². The van der Waals surface area contributed by atoms with Gasteiger partial charge in [-0.05, 0) is 37.6 Å². The van der Waals surface area contributed by atoms with E-state index in [4.69, 9.17) is 0 Å². The van der Waals surface area contributed by atoms with Crippen LogP contribution in [-0.4, -0.2) is 22.8 Å². The number of hydrogen-bond acceptors (Lipinski definition) is 3. The van der Waals surface area contributed by atoms with E-state index in [1.54, 1.807) is 38.2 Å². The largest absolute Gasteiger partial charge is 0.296 e. The Kier molecular flexibility index (Phi) is 2.76. The number of rotatable bonds is 2. The van der Waals surface area contributed by atoms with Crippen LogP contribution in [0.4, 0.5) is 0 Å². The summed E-state index contributed by atoms with van der Waals surface area (Å²) in [6, 6.07) is 6.56. The van der Waals surface area contributed by atoms with E-state index in [1.165, 1.54) is 10.7 Å². The zero-order valence-electron chi connectivity index (χ0n) is 9.45. The van der Waals surface area contributed by atoms with Crippen LogP contribution >= 0.6 is 0 Å². The van der Waals surface area contributed by atoms with Crippen molar-refractivity contribution in [2.75, 3.05) is 0 Å². The molecule has 0 saturated heterocycles. The molecule has 0 atom stereocenters. The van der Waals surface area contributed by atoms with E-state index >= 15 is 0 Å². The van der Waals surface area contributed by atoms with Gasteiger partial charge < -0.3 is 0 Å². The van der Waals surface area contributed by atoms with Gasteiger partial charge >= 0.3 is 0 Å². The van der Waals surface area contributed by atoms with Crippen molar-refractivity contribution in [3.8, 4) is 5.69 Å². The van der Waals surface area contributed by atoms with Crippen LogP contribution in [0.15, 0.2) is 35.4 Å². The second kappa shape index (κ2) is 3.97. The predicted molar refractivity (Wildman–Crippen MR) is 62.9 cm³/mol. The van der Waals surface area contributed by atoms with Crippen molar-refractivity contribution in [2.24, 2.45) is 0 Å². The zero-order chi connectivity index (χ0) is 12.6. The van der Waals surface area contributed by atoms with E-state index in [9.17, 15) is 13.0 Å². The van der Waals surface area contributed by atoms with E-state index in [1.807, 2.05) is 0 Å². The van der Waals surface area contributed by atoms with Gasteiger partial charge in [0.2, 0.25) is 0 Å². The fourth-order valence-corrected chi connectivity index (χ4v) is 2.33. The SMILES string of the molecule is Cc1ccc(-n2ccc(C)n2)c(S(=O)(=O)O)c1. The molecule has 6 heteroatoms. The van der Waals surface area contributed by atoms with Crippen molar-refractivity contribution in [1.82, 2.24) is 9.78 Å². The van der Waals surface area contributed by atoms with Crippen molar-refractivity contribution >= 4 is 10.1 Å². The first-order chi connectivity index (χ1) is 7.88. The van der Waals surface area contributed by atoms with Crippen molar-refractivity contribution in [3.63, 3.8) is 0 Å². The maximum absolute atomic E-state index is 11.3. The third-order valence-corrected chi connectivity index (χ3v) is 3.25. The number of nitrogens with zero attached hydrogens (tertiary/aromatic N) is 2. The quantitative estimate of drug-likeness (QED) is 0.826. The lowest BCUT2D eigenvalue weighted by Crippen LogP contribution is -2.06. The first kappa shape index (κ1) is 11.8. The van der Waals surface area contributed by atoms with Crippen molar-refractivity contribution in [2.45, 2.75) is 18.7 Å². The lowest BCUT2D eigenvalue weighted by Gasteiger charge is -2.08. The maximum Gasteiger partial charge on any atom is 0.296 e. The summed E-state index contributed by atoms with van der Waals surface area (Å²) in [6.45, 7) is 3.56. The second-order valence-electron chi connectivity index (χ2n) is 3.85. The molecular weight excluding hydrogens is 240 g/mol. The van der Waals surface area contributed by atoms with Crippen LogP contribution in [0.3, 0.4) is 0 Å². The van der Waals surface area contributed by atoms with Crippen LogP contribution in [0.1, 0.15) is 11.3 Å². The zero-order valence-corrected chi connectivity index (χ0v) is 10.3. The average molecular weight is 252 g/mol. The maximum atomic E-state index is 11.3. The van der Waals surface area contributed by atoms with E-state index in [0.29, 0.717) is 5.69 Å². The van der Waals surface area contributed by atoms with Crippen LogP contribution in [0, 0.1) is 13.8 Å². The molecule has 0 bridgehead atoms. The predicted octanol–water partition coefficient (Wildman–Crippen LogP) is 1.74. The number of aryl methyl sites for hydroxylation is 2. The Morgan fingerprint density at radius 2 is 1.94 bits per heavy atom. The Balaban J connectivity index is 2.70. The first-order valence-corrected chi connectivity index (χ1v) is 6.43. The molecule has 1 aromatic carbocycles. The summed E-state index contributed by atoms with van der Waals surface area (Å²) >= 11 is 0. The van der Waals surface area contributed by atoms with E-state index < -0.39 is 10.1 Å². The van der Waals surface area contributed by atoms with Crippen LogP contribution in [0.25, 0.3) is 5.69 Å². The monoisotopic (exact) mass is 252 g/mol. The summed E-state index contributed by atoms with van der Waals surface area (Å²) in [7, 11) is -4.26. The minimum atomic E-state index is -4.26. The van der Waals surface area contributed by atoms with Crippen molar-refractivity contribution < 1.29 is 13.0 Å². The summed E-state index contributed by atoms with van der Waals surface area (Å²) < 4.78 is 33.2. The van der Waals surface area contributed by atoms with Crippen LogP contribution in [0.2, 0.25) is 0 Å². The second-order valence-corrected chi connectivity index (χ2v) is 5.24. The third kappa shape index (κ3) is 2.37. The molecule has 0 saturated carbocycles. The molecule has 1 N–H and O–H groups in total. The molecule has 0 fully saturated rings. The van der Waals surface area contributed by atoms with Crippen molar-refractivity contribution in [3.05, 3.63) is 41.7 Å². The molecule has 1 aromatic heterocycles. The van der Waals surface area contributed by atoms with Crippen LogP contribution in [0.5, 0.6) is 0 Å². The van der Waals surface area contributed by atoms with Gasteiger partial charge in [0, 0.05) is 6.20 Å². The molecule has 17 heavy (non-hydrogen) atoms. The van der Waals surface area contributed by atoms with Gasteiger partial charge in [0.05, 0.1) is 11.4 Å². The molecule has 1 heterocycles. The highest BCUT2D eigenvalue weighted by Crippen LogP contribution is 2.21. The normalized spacial score (nSPS) is 11.7. The lowest BCUT2D eigenvalue weighted by atomic mass is 10.2. The molecule has 0 unspecified atom stereocenters. The van der Waals surface area contributed by atoms with Gasteiger partial charge in [-0.3, -0.25) is 4.55 Å². The van der Waals surface area contributed by atoms with Gasteiger partial charge in [0.25, 0.3) is 10.1 Å². The lowest BCUT2D eigenvalue weighted by molar-refractivity contribution is 0.482. The summed E-state index contributed by atoms with van der Waals surface area (Å²) in [5.41, 5.74) is 1.86. The first-order valence-electron chi connectivity index (χ1n) is 4.99. The molecule has 2 aromatic rings. The number of hydrogen-bond donors (Lipinski definition) is 1. The Bertz CT molecular complexity index is 659. The van der Waals surface area contributed by atoms with E-state index in [-0.39, 0.29) is 4.90 Å². The fraction of sp³-hybridized carbons (Fsp3) is 0.182. The molecule has 0 aliphatic heterocycles. The van der Waals surface area contributed by atoms with Crippen molar-refractivity contribution in [1.29, 1.82) is 0 Å². The van der Waals surface area contributed by atoms with Gasteiger partial charge in [-0.15, -0.1) is 0 Å². The van der Waals surface area contributed by atoms with Gasteiger partial charge in [0.1, 0.15) is 4.90 Å². The molecule has 0 amide bonds. The Morgan fingerprint density at radius 3 is 2.47 bits per heavy atom. The number of benzene rings is 1. The molecule has 0 spiro atoms. The smallest absolute Gasteiger partial charge is 0.282 e. The highest BCUT2D eigenvalue weighted by Gasteiger charge is 2.17. The Hall–Kier alpha value is -1.66. The molecular formula is C11H12N2O3S. The molecule has 2 rings (SSSR count). The molecule has 5 nitrogen and oxygen atoms in total. The standard InChI is InChI=1S/C11H12N2O3S/c1-8-3-4-10(11(7-8)17(14,15)16)13-6-5-9(2)12-13/h3-7H,1-2H3,(H,14,15,16). The van der Waals surface area contributed by atoms with Gasteiger partial charge in [-0.1, -0.05) is 6.07 Å². The molecule has 0 radical (unpaired) electrons. The van der Waals surface area contributed by atoms with E-state index in [0.717, 1.165) is 11.3 Å². The minimum absolute atomic E-state index is 0.138. The fourth-order valence-electron chi connectivity index (χ4n) is 1.57. The summed E-state index contributed by atoms with van der Waals surface area (Å²) in [5, 5.41) is 4.13. The third-order valence-electron chi connectivity index (χ3n) is 2.36. The highest BCUT2D eigenvalue weighted by molar-refractivity contribution is 7.86. The minimum Gasteiger partial charge on any atom is -0.282 e. The van der Waals surface area contributed by atoms with Gasteiger partial charge in [-0.2, -0.15) is 13.5 Å².